The molecular weight excluding hydrogens is 292 g/mol. The van der Waals surface area contributed by atoms with Crippen LogP contribution in [0, 0.1) is 0 Å². The Bertz CT molecular complexity index is 555. The van der Waals surface area contributed by atoms with Gasteiger partial charge in [-0.25, -0.2) is 8.42 Å². The number of nitrogens with one attached hydrogen (secondary N) is 2. The second kappa shape index (κ2) is 7.99. The molecule has 0 saturated heterocycles. The summed E-state index contributed by atoms with van der Waals surface area (Å²) >= 11 is 0. The van der Waals surface area contributed by atoms with E-state index in [1.54, 1.807) is 33.1 Å². The Labute approximate surface area is 125 Å². The fourth-order valence-electron chi connectivity index (χ4n) is 1.67. The molecule has 0 aliphatic rings. The van der Waals surface area contributed by atoms with Gasteiger partial charge < -0.3 is 15.4 Å². The quantitative estimate of drug-likeness (QED) is 0.701. The maximum Gasteiger partial charge on any atom is 0.242 e. The van der Waals surface area contributed by atoms with E-state index in [9.17, 15) is 13.2 Å². The first-order chi connectivity index (χ1) is 9.90. The van der Waals surface area contributed by atoms with Crippen molar-refractivity contribution >= 4 is 21.4 Å². The number of hydrogen-bond acceptors (Lipinski definition) is 5. The molecule has 1 rings (SSSR count). The summed E-state index contributed by atoms with van der Waals surface area (Å²) in [6.45, 7) is 4.25. The van der Waals surface area contributed by atoms with Gasteiger partial charge >= 0.3 is 0 Å². The number of sulfone groups is 1. The minimum absolute atomic E-state index is 0.0675. The maximum atomic E-state index is 11.8. The zero-order valence-corrected chi connectivity index (χ0v) is 13.4. The van der Waals surface area contributed by atoms with Gasteiger partial charge in [-0.3, -0.25) is 4.79 Å². The summed E-state index contributed by atoms with van der Waals surface area (Å²) in [6, 6.07) is 5.96. The number of carbonyl (C=O) groups is 1. The average Bonchev–Trinajstić information content (AvgIpc) is 2.48. The Morgan fingerprint density at radius 2 is 1.90 bits per heavy atom. The third kappa shape index (κ3) is 5.35. The van der Waals surface area contributed by atoms with Crippen molar-refractivity contribution in [3.05, 3.63) is 24.3 Å². The third-order valence-electron chi connectivity index (χ3n) is 2.98. The Morgan fingerprint density at radius 1 is 1.29 bits per heavy atom. The molecule has 0 spiro atoms. The van der Waals surface area contributed by atoms with E-state index in [1.807, 2.05) is 0 Å². The molecule has 1 unspecified atom stereocenters. The SMILES string of the molecule is CCS(=O)(=O)c1ccc(NC(C)C(=O)NCCOC)cc1. The van der Waals surface area contributed by atoms with Crippen LogP contribution in [0.25, 0.3) is 0 Å². The second-order valence-electron chi connectivity index (χ2n) is 4.58. The van der Waals surface area contributed by atoms with E-state index < -0.39 is 15.9 Å². The zero-order valence-electron chi connectivity index (χ0n) is 12.5. The van der Waals surface area contributed by atoms with Gasteiger partial charge in [0.25, 0.3) is 0 Å². The monoisotopic (exact) mass is 314 g/mol. The standard InChI is InChI=1S/C14H22N2O4S/c1-4-21(18,19)13-7-5-12(6-8-13)16-11(2)14(17)15-9-10-20-3/h5-8,11,16H,4,9-10H2,1-3H3,(H,15,17). The highest BCUT2D eigenvalue weighted by Gasteiger charge is 2.13. The van der Waals surface area contributed by atoms with Crippen molar-refractivity contribution in [2.24, 2.45) is 0 Å². The molecule has 21 heavy (non-hydrogen) atoms. The molecular formula is C14H22N2O4S. The highest BCUT2D eigenvalue weighted by molar-refractivity contribution is 7.91. The molecule has 0 bridgehead atoms. The molecule has 7 heteroatoms. The molecule has 1 atom stereocenters. The van der Waals surface area contributed by atoms with Gasteiger partial charge in [-0.1, -0.05) is 6.92 Å². The van der Waals surface area contributed by atoms with Gasteiger partial charge in [0.05, 0.1) is 17.3 Å². The number of anilines is 1. The van der Waals surface area contributed by atoms with Gasteiger partial charge in [-0.2, -0.15) is 0 Å². The predicted octanol–water partition coefficient (Wildman–Crippen LogP) is 1.04. The minimum Gasteiger partial charge on any atom is -0.383 e. The Kier molecular flexibility index (Phi) is 6.64. The maximum absolute atomic E-state index is 11.8. The van der Waals surface area contributed by atoms with Crippen LogP contribution in [-0.2, 0) is 19.4 Å². The van der Waals surface area contributed by atoms with E-state index >= 15 is 0 Å². The Balaban J connectivity index is 2.61. The average molecular weight is 314 g/mol. The smallest absolute Gasteiger partial charge is 0.242 e. The van der Waals surface area contributed by atoms with Crippen molar-refractivity contribution in [2.75, 3.05) is 31.3 Å². The minimum atomic E-state index is -3.20. The van der Waals surface area contributed by atoms with Crippen molar-refractivity contribution in [3.8, 4) is 0 Å². The molecule has 0 aliphatic heterocycles. The van der Waals surface area contributed by atoms with Gasteiger partial charge in [0.1, 0.15) is 6.04 Å². The fourth-order valence-corrected chi connectivity index (χ4v) is 2.55. The summed E-state index contributed by atoms with van der Waals surface area (Å²) in [5, 5.41) is 5.74. The summed E-state index contributed by atoms with van der Waals surface area (Å²) in [5.41, 5.74) is 0.694. The van der Waals surface area contributed by atoms with Crippen LogP contribution < -0.4 is 10.6 Å². The van der Waals surface area contributed by atoms with Crippen LogP contribution in [0.15, 0.2) is 29.2 Å². The van der Waals surface area contributed by atoms with Crippen molar-refractivity contribution in [1.29, 1.82) is 0 Å². The predicted molar refractivity (Wildman–Crippen MR) is 82.1 cm³/mol. The number of amides is 1. The van der Waals surface area contributed by atoms with E-state index in [-0.39, 0.29) is 16.6 Å². The van der Waals surface area contributed by atoms with Crippen LogP contribution >= 0.6 is 0 Å². The molecule has 0 aromatic heterocycles. The first kappa shape index (κ1) is 17.5. The molecule has 0 aliphatic carbocycles. The lowest BCUT2D eigenvalue weighted by Crippen LogP contribution is -2.39. The number of methoxy groups -OCH3 is 1. The summed E-state index contributed by atoms with van der Waals surface area (Å²) in [4.78, 5) is 12.1. The topological polar surface area (TPSA) is 84.5 Å². The molecule has 0 heterocycles. The van der Waals surface area contributed by atoms with E-state index in [0.29, 0.717) is 18.8 Å². The number of carbonyl (C=O) groups excluding carboxylic acids is 1. The van der Waals surface area contributed by atoms with Gasteiger partial charge in [-0.15, -0.1) is 0 Å². The largest absolute Gasteiger partial charge is 0.383 e. The van der Waals surface area contributed by atoms with Crippen LogP contribution in [0.3, 0.4) is 0 Å². The molecule has 0 fully saturated rings. The summed E-state index contributed by atoms with van der Waals surface area (Å²) < 4.78 is 28.2. The van der Waals surface area contributed by atoms with Crippen molar-refractivity contribution < 1.29 is 17.9 Å². The number of hydrogen-bond donors (Lipinski definition) is 2. The summed E-state index contributed by atoms with van der Waals surface area (Å²) in [5.74, 6) is -0.0738. The highest BCUT2D eigenvalue weighted by Crippen LogP contribution is 2.15. The van der Waals surface area contributed by atoms with Crippen molar-refractivity contribution in [2.45, 2.75) is 24.8 Å². The molecule has 0 radical (unpaired) electrons. The number of benzene rings is 1. The normalized spacial score (nSPS) is 12.7. The lowest BCUT2D eigenvalue weighted by Gasteiger charge is -2.15. The summed E-state index contributed by atoms with van der Waals surface area (Å²) in [6.07, 6.45) is 0. The lowest BCUT2D eigenvalue weighted by atomic mass is 10.2. The first-order valence-corrected chi connectivity index (χ1v) is 8.42. The molecule has 1 aromatic rings. The third-order valence-corrected chi connectivity index (χ3v) is 4.73. The van der Waals surface area contributed by atoms with Crippen molar-refractivity contribution in [3.63, 3.8) is 0 Å². The van der Waals surface area contributed by atoms with Gasteiger partial charge in [0, 0.05) is 19.3 Å². The van der Waals surface area contributed by atoms with Gasteiger partial charge in [-0.05, 0) is 31.2 Å². The highest BCUT2D eigenvalue weighted by atomic mass is 32.2. The number of rotatable bonds is 8. The van der Waals surface area contributed by atoms with Crippen LogP contribution in [-0.4, -0.2) is 46.4 Å². The van der Waals surface area contributed by atoms with Crippen LogP contribution in [0.5, 0.6) is 0 Å². The van der Waals surface area contributed by atoms with Crippen LogP contribution in [0.4, 0.5) is 5.69 Å². The lowest BCUT2D eigenvalue weighted by molar-refractivity contribution is -0.121. The van der Waals surface area contributed by atoms with E-state index in [1.165, 1.54) is 12.1 Å². The van der Waals surface area contributed by atoms with Crippen LogP contribution in [0.2, 0.25) is 0 Å². The molecule has 2 N–H and O–H groups in total. The molecule has 6 nitrogen and oxygen atoms in total. The molecule has 1 amide bonds. The van der Waals surface area contributed by atoms with Gasteiger partial charge in [0.15, 0.2) is 9.84 Å². The van der Waals surface area contributed by atoms with Gasteiger partial charge in [0.2, 0.25) is 5.91 Å². The van der Waals surface area contributed by atoms with Crippen LogP contribution in [0.1, 0.15) is 13.8 Å². The zero-order chi connectivity index (χ0) is 15.9. The van der Waals surface area contributed by atoms with E-state index in [0.717, 1.165) is 0 Å². The first-order valence-electron chi connectivity index (χ1n) is 6.76. The Hall–Kier alpha value is -1.60. The van der Waals surface area contributed by atoms with Crippen molar-refractivity contribution in [1.82, 2.24) is 5.32 Å². The van der Waals surface area contributed by atoms with E-state index in [2.05, 4.69) is 10.6 Å². The molecule has 0 saturated carbocycles. The summed E-state index contributed by atoms with van der Waals surface area (Å²) in [7, 11) is -1.63. The second-order valence-corrected chi connectivity index (χ2v) is 6.86. The Morgan fingerprint density at radius 3 is 2.43 bits per heavy atom. The molecule has 1 aromatic carbocycles. The number of ether oxygens (including phenoxy) is 1. The molecule has 118 valence electrons. The van der Waals surface area contributed by atoms with E-state index in [4.69, 9.17) is 4.74 Å². The fraction of sp³-hybridized carbons (Fsp3) is 0.500.